The second kappa shape index (κ2) is 5.46. The molecule has 4 rings (SSSR count). The third-order valence-corrected chi connectivity index (χ3v) is 4.09. The first-order chi connectivity index (χ1) is 10.9. The van der Waals surface area contributed by atoms with Gasteiger partial charge in [0, 0.05) is 30.4 Å². The number of nitrogens with one attached hydrogen (secondary N) is 1. The molecule has 0 saturated carbocycles. The van der Waals surface area contributed by atoms with Crippen molar-refractivity contribution in [1.82, 2.24) is 14.6 Å². The summed E-state index contributed by atoms with van der Waals surface area (Å²) in [5, 5.41) is 8.10. The van der Waals surface area contributed by atoms with Gasteiger partial charge >= 0.3 is 0 Å². The van der Waals surface area contributed by atoms with Gasteiger partial charge in [-0.05, 0) is 37.8 Å². The van der Waals surface area contributed by atoms with Gasteiger partial charge in [-0.1, -0.05) is 0 Å². The Labute approximate surface area is 128 Å². The van der Waals surface area contributed by atoms with Crippen LogP contribution in [0.5, 0.6) is 0 Å². The van der Waals surface area contributed by atoms with Gasteiger partial charge in [-0.3, -0.25) is 0 Å². The fourth-order valence-corrected chi connectivity index (χ4v) is 3.07. The van der Waals surface area contributed by atoms with Crippen molar-refractivity contribution >= 4 is 11.5 Å². The molecule has 3 heterocycles. The maximum atomic E-state index is 5.66. The van der Waals surface area contributed by atoms with Gasteiger partial charge in [0.05, 0.1) is 6.26 Å². The van der Waals surface area contributed by atoms with E-state index in [1.165, 1.54) is 24.1 Å². The van der Waals surface area contributed by atoms with Crippen LogP contribution in [0.4, 0.5) is 5.82 Å². The lowest BCUT2D eigenvalue weighted by Crippen LogP contribution is -2.19. The lowest BCUT2D eigenvalue weighted by molar-refractivity contribution is 0.579. The lowest BCUT2D eigenvalue weighted by atomic mass is 9.96. The van der Waals surface area contributed by atoms with E-state index in [-0.39, 0.29) is 0 Å². The average molecular weight is 297 g/mol. The molecule has 114 valence electrons. The predicted molar refractivity (Wildman–Crippen MR) is 84.9 cm³/mol. The van der Waals surface area contributed by atoms with E-state index in [1.54, 1.807) is 6.26 Å². The van der Waals surface area contributed by atoms with Gasteiger partial charge in [0.2, 0.25) is 0 Å². The molecule has 0 radical (unpaired) electrons. The van der Waals surface area contributed by atoms with Gasteiger partial charge < -0.3 is 15.5 Å². The lowest BCUT2D eigenvalue weighted by Gasteiger charge is -2.20. The zero-order chi connectivity index (χ0) is 14.9. The largest absolute Gasteiger partial charge is 0.463 e. The Morgan fingerprint density at radius 1 is 1.32 bits per heavy atom. The fraction of sp³-hybridized carbons (Fsp3) is 0.375. The molecule has 0 aliphatic heterocycles. The normalized spacial score (nSPS) is 14.2. The van der Waals surface area contributed by atoms with E-state index in [0.717, 1.165) is 42.3 Å². The number of aryl methyl sites for hydroxylation is 1. The third kappa shape index (κ3) is 2.16. The minimum Gasteiger partial charge on any atom is -0.463 e. The highest BCUT2D eigenvalue weighted by Crippen LogP contribution is 2.29. The van der Waals surface area contributed by atoms with E-state index in [1.807, 2.05) is 22.7 Å². The van der Waals surface area contributed by atoms with Crippen LogP contribution in [0.25, 0.3) is 17.1 Å². The topological polar surface area (TPSA) is 81.4 Å². The smallest absolute Gasteiger partial charge is 0.158 e. The van der Waals surface area contributed by atoms with Crippen molar-refractivity contribution in [2.24, 2.45) is 5.73 Å². The number of furan rings is 1. The Hall–Kier alpha value is -2.34. The summed E-state index contributed by atoms with van der Waals surface area (Å²) in [5.74, 6) is 1.79. The number of aromatic nitrogens is 3. The predicted octanol–water partition coefficient (Wildman–Crippen LogP) is 2.24. The highest BCUT2D eigenvalue weighted by atomic mass is 16.3. The number of nitrogens with zero attached hydrogens (tertiary/aromatic N) is 3. The molecule has 1 aliphatic rings. The fourth-order valence-electron chi connectivity index (χ4n) is 3.07. The minimum atomic E-state index is 0.588. The van der Waals surface area contributed by atoms with E-state index in [9.17, 15) is 0 Å². The summed E-state index contributed by atoms with van der Waals surface area (Å²) >= 11 is 0. The maximum Gasteiger partial charge on any atom is 0.158 e. The number of fused-ring (bicyclic) bond motifs is 2. The Morgan fingerprint density at radius 2 is 2.23 bits per heavy atom. The zero-order valence-electron chi connectivity index (χ0n) is 12.4. The van der Waals surface area contributed by atoms with Gasteiger partial charge in [0.25, 0.3) is 0 Å². The Balaban J connectivity index is 1.89. The summed E-state index contributed by atoms with van der Waals surface area (Å²) in [7, 11) is 0. The molecule has 3 aromatic rings. The molecule has 3 N–H and O–H groups in total. The van der Waals surface area contributed by atoms with E-state index in [0.29, 0.717) is 6.54 Å². The van der Waals surface area contributed by atoms with Crippen molar-refractivity contribution in [1.29, 1.82) is 0 Å². The number of rotatable bonds is 4. The number of anilines is 1. The van der Waals surface area contributed by atoms with E-state index >= 15 is 0 Å². The Bertz CT molecular complexity index is 791. The summed E-state index contributed by atoms with van der Waals surface area (Å²) in [4.78, 5) is 4.80. The SMILES string of the molecule is NCCNc1c2c(nc3cc(-c4ccco4)nn13)CCCC2. The zero-order valence-corrected chi connectivity index (χ0v) is 12.4. The molecule has 0 atom stereocenters. The molecule has 0 saturated heterocycles. The molecule has 0 amide bonds. The summed E-state index contributed by atoms with van der Waals surface area (Å²) in [6.45, 7) is 1.31. The quantitative estimate of drug-likeness (QED) is 0.772. The third-order valence-electron chi connectivity index (χ3n) is 4.09. The van der Waals surface area contributed by atoms with Crippen LogP contribution >= 0.6 is 0 Å². The molecule has 0 unspecified atom stereocenters. The highest BCUT2D eigenvalue weighted by molar-refractivity contribution is 5.64. The average Bonchev–Trinajstić information content (AvgIpc) is 3.20. The molecular weight excluding hydrogens is 278 g/mol. The first-order valence-corrected chi connectivity index (χ1v) is 7.76. The first kappa shape index (κ1) is 13.3. The highest BCUT2D eigenvalue weighted by Gasteiger charge is 2.20. The molecule has 22 heavy (non-hydrogen) atoms. The molecule has 0 fully saturated rings. The molecule has 0 aromatic carbocycles. The number of hydrogen-bond acceptors (Lipinski definition) is 5. The summed E-state index contributed by atoms with van der Waals surface area (Å²) < 4.78 is 7.34. The van der Waals surface area contributed by atoms with Crippen molar-refractivity contribution in [3.05, 3.63) is 35.7 Å². The summed E-state index contributed by atoms with van der Waals surface area (Å²) in [6, 6.07) is 5.75. The van der Waals surface area contributed by atoms with Crippen LogP contribution in [-0.4, -0.2) is 27.7 Å². The monoisotopic (exact) mass is 297 g/mol. The molecular formula is C16H19N5O. The van der Waals surface area contributed by atoms with E-state index < -0.39 is 0 Å². The van der Waals surface area contributed by atoms with E-state index in [4.69, 9.17) is 15.1 Å². The molecule has 3 aromatic heterocycles. The Morgan fingerprint density at radius 3 is 3.05 bits per heavy atom. The van der Waals surface area contributed by atoms with Gasteiger partial charge in [0.15, 0.2) is 11.4 Å². The van der Waals surface area contributed by atoms with Crippen molar-refractivity contribution < 1.29 is 4.42 Å². The van der Waals surface area contributed by atoms with Gasteiger partial charge in [-0.15, -0.1) is 0 Å². The first-order valence-electron chi connectivity index (χ1n) is 7.76. The van der Waals surface area contributed by atoms with Crippen molar-refractivity contribution in [3.8, 4) is 11.5 Å². The molecule has 0 spiro atoms. The van der Waals surface area contributed by atoms with Crippen molar-refractivity contribution in [2.45, 2.75) is 25.7 Å². The van der Waals surface area contributed by atoms with Crippen LogP contribution in [0.2, 0.25) is 0 Å². The van der Waals surface area contributed by atoms with Crippen LogP contribution in [0.1, 0.15) is 24.1 Å². The maximum absolute atomic E-state index is 5.66. The minimum absolute atomic E-state index is 0.588. The molecule has 1 aliphatic carbocycles. The summed E-state index contributed by atoms with van der Waals surface area (Å²) in [5.41, 5.74) is 9.77. The van der Waals surface area contributed by atoms with Crippen LogP contribution < -0.4 is 11.1 Å². The standard InChI is InChI=1S/C16H19N5O/c17-7-8-18-16-11-4-1-2-5-12(11)19-15-10-13(20-21(15)16)14-6-3-9-22-14/h3,6,9-10,18H,1-2,4-5,7-8,17H2. The molecule has 6 nitrogen and oxygen atoms in total. The summed E-state index contributed by atoms with van der Waals surface area (Å²) in [6.07, 6.45) is 6.13. The number of hydrogen-bond donors (Lipinski definition) is 2. The van der Waals surface area contributed by atoms with E-state index in [2.05, 4.69) is 10.4 Å². The molecule has 0 bridgehead atoms. The van der Waals surface area contributed by atoms with Crippen LogP contribution in [0.3, 0.4) is 0 Å². The number of nitrogens with two attached hydrogens (primary N) is 1. The van der Waals surface area contributed by atoms with Crippen molar-refractivity contribution in [2.75, 3.05) is 18.4 Å². The Kier molecular flexibility index (Phi) is 3.31. The van der Waals surface area contributed by atoms with Gasteiger partial charge in [-0.2, -0.15) is 9.61 Å². The second-order valence-corrected chi connectivity index (χ2v) is 5.59. The van der Waals surface area contributed by atoms with Gasteiger partial charge in [0.1, 0.15) is 11.5 Å². The van der Waals surface area contributed by atoms with Crippen LogP contribution in [0, 0.1) is 0 Å². The van der Waals surface area contributed by atoms with Crippen LogP contribution in [-0.2, 0) is 12.8 Å². The molecule has 6 heteroatoms. The van der Waals surface area contributed by atoms with Gasteiger partial charge in [-0.25, -0.2) is 4.98 Å². The van der Waals surface area contributed by atoms with Crippen LogP contribution in [0.15, 0.2) is 28.9 Å². The van der Waals surface area contributed by atoms with Crippen molar-refractivity contribution in [3.63, 3.8) is 0 Å². The second-order valence-electron chi connectivity index (χ2n) is 5.59.